The zero-order valence-corrected chi connectivity index (χ0v) is 10.5. The highest BCUT2D eigenvalue weighted by atomic mass is 16.5. The van der Waals surface area contributed by atoms with Crippen LogP contribution in [0, 0.1) is 13.8 Å². The highest BCUT2D eigenvalue weighted by molar-refractivity contribution is 5.72. The molecule has 0 aliphatic carbocycles. The first-order valence-corrected chi connectivity index (χ1v) is 5.66. The second kappa shape index (κ2) is 6.25. The Morgan fingerprint density at radius 2 is 2.18 bits per heavy atom. The van der Waals surface area contributed by atoms with Crippen molar-refractivity contribution in [3.05, 3.63) is 29.3 Å². The van der Waals surface area contributed by atoms with E-state index < -0.39 is 12.1 Å². The summed E-state index contributed by atoms with van der Waals surface area (Å²) in [6, 6.07) is 5.78. The van der Waals surface area contributed by atoms with E-state index in [-0.39, 0.29) is 0 Å². The number of hydrogen-bond acceptors (Lipinski definition) is 3. The van der Waals surface area contributed by atoms with E-state index in [4.69, 9.17) is 9.84 Å². The van der Waals surface area contributed by atoms with Gasteiger partial charge in [-0.05, 0) is 44.6 Å². The van der Waals surface area contributed by atoms with Crippen molar-refractivity contribution in [3.63, 3.8) is 0 Å². The summed E-state index contributed by atoms with van der Waals surface area (Å²) in [5.41, 5.74) is 2.01. The van der Waals surface area contributed by atoms with Gasteiger partial charge in [-0.1, -0.05) is 12.1 Å². The average Bonchev–Trinajstić information content (AvgIpc) is 2.28. The van der Waals surface area contributed by atoms with Crippen LogP contribution in [0.2, 0.25) is 0 Å². The number of rotatable bonds is 6. The van der Waals surface area contributed by atoms with Gasteiger partial charge in [-0.25, -0.2) is 4.79 Å². The van der Waals surface area contributed by atoms with Crippen molar-refractivity contribution in [2.24, 2.45) is 0 Å². The molecule has 1 aromatic carbocycles. The smallest absolute Gasteiger partial charge is 0.344 e. The first kappa shape index (κ1) is 13.5. The maximum atomic E-state index is 11.1. The number of benzene rings is 1. The molecule has 0 saturated carbocycles. The molecule has 0 radical (unpaired) electrons. The number of aliphatic carboxylic acids is 1. The van der Waals surface area contributed by atoms with Crippen LogP contribution in [0.3, 0.4) is 0 Å². The standard InChI is InChI=1S/C13H19NO3/c1-9-4-5-10(2)12(8-9)17-11(13(15)16)6-7-14-3/h4-5,8,11,14H,6-7H2,1-3H3,(H,15,16). The molecule has 4 heteroatoms. The van der Waals surface area contributed by atoms with Crippen molar-refractivity contribution < 1.29 is 14.6 Å². The van der Waals surface area contributed by atoms with E-state index >= 15 is 0 Å². The quantitative estimate of drug-likeness (QED) is 0.791. The van der Waals surface area contributed by atoms with Gasteiger partial charge < -0.3 is 15.2 Å². The Morgan fingerprint density at radius 3 is 2.76 bits per heavy atom. The summed E-state index contributed by atoms with van der Waals surface area (Å²) < 4.78 is 5.55. The summed E-state index contributed by atoms with van der Waals surface area (Å²) in [5.74, 6) is -0.283. The molecule has 0 aliphatic heterocycles. The molecule has 94 valence electrons. The fraction of sp³-hybridized carbons (Fsp3) is 0.462. The minimum atomic E-state index is -0.929. The summed E-state index contributed by atoms with van der Waals surface area (Å²) in [6.07, 6.45) is -0.359. The Labute approximate surface area is 102 Å². The number of aryl methyl sites for hydroxylation is 2. The molecule has 0 spiro atoms. The fourth-order valence-electron chi connectivity index (χ4n) is 1.50. The molecule has 1 rings (SSSR count). The molecule has 0 amide bonds. The lowest BCUT2D eigenvalue weighted by Crippen LogP contribution is -2.30. The zero-order valence-electron chi connectivity index (χ0n) is 10.5. The third kappa shape index (κ3) is 4.07. The number of ether oxygens (including phenoxy) is 1. The monoisotopic (exact) mass is 237 g/mol. The Bertz CT molecular complexity index is 390. The average molecular weight is 237 g/mol. The van der Waals surface area contributed by atoms with Crippen LogP contribution in [0.25, 0.3) is 0 Å². The number of hydrogen-bond donors (Lipinski definition) is 2. The van der Waals surface area contributed by atoms with Gasteiger partial charge in [0.2, 0.25) is 0 Å². The second-order valence-electron chi connectivity index (χ2n) is 4.11. The van der Waals surface area contributed by atoms with E-state index in [1.54, 1.807) is 7.05 Å². The molecule has 0 heterocycles. The molecule has 0 aliphatic rings. The van der Waals surface area contributed by atoms with Crippen molar-refractivity contribution in [3.8, 4) is 5.75 Å². The number of carbonyl (C=O) groups is 1. The lowest BCUT2D eigenvalue weighted by atomic mass is 10.1. The molecule has 1 unspecified atom stereocenters. The molecular formula is C13H19NO3. The maximum Gasteiger partial charge on any atom is 0.344 e. The summed E-state index contributed by atoms with van der Waals surface area (Å²) in [5, 5.41) is 12.0. The summed E-state index contributed by atoms with van der Waals surface area (Å²) in [7, 11) is 1.79. The van der Waals surface area contributed by atoms with Gasteiger partial charge in [0.25, 0.3) is 0 Å². The molecule has 2 N–H and O–H groups in total. The second-order valence-corrected chi connectivity index (χ2v) is 4.11. The van der Waals surface area contributed by atoms with Gasteiger partial charge in [-0.2, -0.15) is 0 Å². The van der Waals surface area contributed by atoms with Crippen molar-refractivity contribution in [1.82, 2.24) is 5.32 Å². The van der Waals surface area contributed by atoms with E-state index in [2.05, 4.69) is 5.32 Å². The van der Waals surface area contributed by atoms with Crippen LogP contribution in [0.1, 0.15) is 17.5 Å². The molecule has 0 fully saturated rings. The van der Waals surface area contributed by atoms with Crippen LogP contribution in [0.4, 0.5) is 0 Å². The van der Waals surface area contributed by atoms with Crippen molar-refractivity contribution in [2.45, 2.75) is 26.4 Å². The van der Waals surface area contributed by atoms with Crippen LogP contribution >= 0.6 is 0 Å². The Morgan fingerprint density at radius 1 is 1.47 bits per heavy atom. The van der Waals surface area contributed by atoms with Crippen LogP contribution < -0.4 is 10.1 Å². The fourth-order valence-corrected chi connectivity index (χ4v) is 1.50. The van der Waals surface area contributed by atoms with E-state index in [9.17, 15) is 4.79 Å². The van der Waals surface area contributed by atoms with Crippen LogP contribution in [-0.4, -0.2) is 30.8 Å². The molecule has 0 bridgehead atoms. The van der Waals surface area contributed by atoms with E-state index in [1.807, 2.05) is 32.0 Å². The molecule has 1 aromatic rings. The Kier molecular flexibility index (Phi) is 4.97. The summed E-state index contributed by atoms with van der Waals surface area (Å²) in [4.78, 5) is 11.1. The topological polar surface area (TPSA) is 58.6 Å². The van der Waals surface area contributed by atoms with Gasteiger partial charge in [0.1, 0.15) is 5.75 Å². The van der Waals surface area contributed by atoms with Crippen LogP contribution in [0.5, 0.6) is 5.75 Å². The third-order valence-corrected chi connectivity index (χ3v) is 2.54. The first-order chi connectivity index (χ1) is 8.04. The molecule has 17 heavy (non-hydrogen) atoms. The first-order valence-electron chi connectivity index (χ1n) is 5.66. The SMILES string of the molecule is CNCCC(Oc1cc(C)ccc1C)C(=O)O. The molecule has 4 nitrogen and oxygen atoms in total. The summed E-state index contributed by atoms with van der Waals surface area (Å²) >= 11 is 0. The predicted octanol–water partition coefficient (Wildman–Crippen LogP) is 1.74. The highest BCUT2D eigenvalue weighted by Crippen LogP contribution is 2.21. The van der Waals surface area contributed by atoms with Gasteiger partial charge in [0.05, 0.1) is 0 Å². The van der Waals surface area contributed by atoms with Gasteiger partial charge in [0.15, 0.2) is 6.10 Å². The van der Waals surface area contributed by atoms with Crippen LogP contribution in [-0.2, 0) is 4.79 Å². The number of carboxylic acid groups (broad SMARTS) is 1. The highest BCUT2D eigenvalue weighted by Gasteiger charge is 2.19. The van der Waals surface area contributed by atoms with E-state index in [0.717, 1.165) is 11.1 Å². The van der Waals surface area contributed by atoms with Gasteiger partial charge in [0, 0.05) is 6.42 Å². The van der Waals surface area contributed by atoms with E-state index in [1.165, 1.54) is 0 Å². The van der Waals surface area contributed by atoms with Crippen LogP contribution in [0.15, 0.2) is 18.2 Å². The minimum absolute atomic E-state index is 0.444. The number of carboxylic acids is 1. The Hall–Kier alpha value is -1.55. The Balaban J connectivity index is 2.78. The summed E-state index contributed by atoms with van der Waals surface area (Å²) in [6.45, 7) is 4.48. The molecule has 0 aromatic heterocycles. The van der Waals surface area contributed by atoms with Gasteiger partial charge >= 0.3 is 5.97 Å². The molecule has 1 atom stereocenters. The lowest BCUT2D eigenvalue weighted by molar-refractivity contribution is -0.145. The van der Waals surface area contributed by atoms with E-state index in [0.29, 0.717) is 18.7 Å². The largest absolute Gasteiger partial charge is 0.479 e. The maximum absolute atomic E-state index is 11.1. The van der Waals surface area contributed by atoms with Gasteiger partial charge in [-0.15, -0.1) is 0 Å². The van der Waals surface area contributed by atoms with Crippen molar-refractivity contribution in [1.29, 1.82) is 0 Å². The van der Waals surface area contributed by atoms with Crippen molar-refractivity contribution in [2.75, 3.05) is 13.6 Å². The van der Waals surface area contributed by atoms with Crippen molar-refractivity contribution >= 4 is 5.97 Å². The molecule has 0 saturated heterocycles. The zero-order chi connectivity index (χ0) is 12.8. The number of nitrogens with one attached hydrogen (secondary N) is 1. The minimum Gasteiger partial charge on any atom is -0.479 e. The lowest BCUT2D eigenvalue weighted by Gasteiger charge is -2.17. The predicted molar refractivity (Wildman–Crippen MR) is 66.5 cm³/mol. The molecular weight excluding hydrogens is 218 g/mol. The van der Waals surface area contributed by atoms with Gasteiger partial charge in [-0.3, -0.25) is 0 Å². The third-order valence-electron chi connectivity index (χ3n) is 2.54. The normalized spacial score (nSPS) is 12.2.